The Morgan fingerprint density at radius 2 is 2.47 bits per heavy atom. The van der Waals surface area contributed by atoms with Gasteiger partial charge in [-0.15, -0.1) is 11.3 Å². The number of aromatic nitrogens is 1. The fourth-order valence-electron chi connectivity index (χ4n) is 1.24. The molecule has 4 nitrogen and oxygen atoms in total. The summed E-state index contributed by atoms with van der Waals surface area (Å²) in [5.41, 5.74) is 1.72. The Morgan fingerprint density at radius 1 is 1.73 bits per heavy atom. The van der Waals surface area contributed by atoms with Crippen molar-refractivity contribution in [2.45, 2.75) is 32.2 Å². The number of thiazole rings is 1. The zero-order valence-corrected chi connectivity index (χ0v) is 9.80. The lowest BCUT2D eigenvalue weighted by molar-refractivity contribution is 0.0881. The normalized spacial score (nSPS) is 14.6. The van der Waals surface area contributed by atoms with Crippen LogP contribution in [0.3, 0.4) is 0 Å². The van der Waals surface area contributed by atoms with E-state index in [2.05, 4.69) is 10.3 Å². The highest BCUT2D eigenvalue weighted by molar-refractivity contribution is 7.07. The van der Waals surface area contributed by atoms with Crippen LogP contribution in [0.2, 0.25) is 0 Å². The number of carbonyl (C=O) groups is 1. The number of amides is 1. The molecule has 2 N–H and O–H groups in total. The molecular formula is C10H16N2O2S. The average Bonchev–Trinajstić information content (AvgIpc) is 2.71. The summed E-state index contributed by atoms with van der Waals surface area (Å²) in [6.07, 6.45) is 1.34. The van der Waals surface area contributed by atoms with Gasteiger partial charge in [-0.05, 0) is 19.8 Å². The van der Waals surface area contributed by atoms with E-state index in [1.54, 1.807) is 10.9 Å². The average molecular weight is 228 g/mol. The first kappa shape index (κ1) is 12.1. The van der Waals surface area contributed by atoms with Crippen LogP contribution in [0.5, 0.6) is 0 Å². The predicted molar refractivity (Wildman–Crippen MR) is 60.0 cm³/mol. The van der Waals surface area contributed by atoms with Crippen LogP contribution in [0.1, 0.15) is 37.2 Å². The van der Waals surface area contributed by atoms with Crippen LogP contribution < -0.4 is 5.32 Å². The smallest absolute Gasteiger partial charge is 0.271 e. The van der Waals surface area contributed by atoms with Gasteiger partial charge in [-0.2, -0.15) is 0 Å². The van der Waals surface area contributed by atoms with E-state index in [1.165, 1.54) is 11.3 Å². The van der Waals surface area contributed by atoms with E-state index in [0.717, 1.165) is 6.42 Å². The third kappa shape index (κ3) is 3.28. The largest absolute Gasteiger partial charge is 0.396 e. The lowest BCUT2D eigenvalue weighted by Gasteiger charge is -2.28. The molecule has 0 aliphatic carbocycles. The molecule has 1 unspecified atom stereocenters. The molecule has 5 heteroatoms. The quantitative estimate of drug-likeness (QED) is 0.801. The molecule has 0 fully saturated rings. The summed E-state index contributed by atoms with van der Waals surface area (Å²) in [5.74, 6) is -0.172. The summed E-state index contributed by atoms with van der Waals surface area (Å²) in [6, 6.07) is 0. The second kappa shape index (κ2) is 5.23. The van der Waals surface area contributed by atoms with Crippen LogP contribution in [0, 0.1) is 0 Å². The van der Waals surface area contributed by atoms with Gasteiger partial charge in [0.05, 0.1) is 5.51 Å². The number of carbonyl (C=O) groups excluding carboxylic acids is 1. The van der Waals surface area contributed by atoms with Crippen LogP contribution in [-0.2, 0) is 0 Å². The molecule has 15 heavy (non-hydrogen) atoms. The molecule has 0 bridgehead atoms. The van der Waals surface area contributed by atoms with Crippen molar-refractivity contribution in [3.05, 3.63) is 16.6 Å². The molecule has 0 radical (unpaired) electrons. The molecule has 1 heterocycles. The molecule has 0 saturated carbocycles. The molecular weight excluding hydrogens is 212 g/mol. The Bertz CT molecular complexity index is 313. The summed E-state index contributed by atoms with van der Waals surface area (Å²) >= 11 is 1.39. The third-order valence-electron chi connectivity index (χ3n) is 2.52. The number of aliphatic hydroxyl groups is 1. The van der Waals surface area contributed by atoms with Gasteiger partial charge in [-0.25, -0.2) is 4.98 Å². The van der Waals surface area contributed by atoms with E-state index in [9.17, 15) is 4.79 Å². The molecule has 0 aromatic carbocycles. The maximum atomic E-state index is 11.7. The summed E-state index contributed by atoms with van der Waals surface area (Å²) in [7, 11) is 0. The van der Waals surface area contributed by atoms with Crippen LogP contribution in [0.25, 0.3) is 0 Å². The number of rotatable bonds is 5. The minimum atomic E-state index is -0.352. The van der Waals surface area contributed by atoms with Gasteiger partial charge in [0.1, 0.15) is 5.69 Å². The maximum Gasteiger partial charge on any atom is 0.271 e. The van der Waals surface area contributed by atoms with Gasteiger partial charge in [-0.1, -0.05) is 6.92 Å². The van der Waals surface area contributed by atoms with Crippen LogP contribution in [-0.4, -0.2) is 28.1 Å². The van der Waals surface area contributed by atoms with Gasteiger partial charge < -0.3 is 10.4 Å². The lowest BCUT2D eigenvalue weighted by atomic mass is 9.95. The van der Waals surface area contributed by atoms with E-state index >= 15 is 0 Å². The summed E-state index contributed by atoms with van der Waals surface area (Å²) in [6.45, 7) is 3.98. The van der Waals surface area contributed by atoms with Crippen LogP contribution in [0.4, 0.5) is 0 Å². The minimum absolute atomic E-state index is 0.0711. The third-order valence-corrected chi connectivity index (χ3v) is 3.11. The highest BCUT2D eigenvalue weighted by atomic mass is 32.1. The molecule has 1 aromatic heterocycles. The zero-order valence-electron chi connectivity index (χ0n) is 8.99. The summed E-state index contributed by atoms with van der Waals surface area (Å²) < 4.78 is 0. The maximum absolute atomic E-state index is 11.7. The first-order chi connectivity index (χ1) is 7.11. The Labute approximate surface area is 93.4 Å². The number of aliphatic hydroxyl groups excluding tert-OH is 1. The van der Waals surface area contributed by atoms with Crippen molar-refractivity contribution in [2.24, 2.45) is 0 Å². The van der Waals surface area contributed by atoms with Crippen molar-refractivity contribution in [2.75, 3.05) is 6.61 Å². The summed E-state index contributed by atoms with van der Waals surface area (Å²) in [4.78, 5) is 15.6. The number of nitrogens with one attached hydrogen (secondary N) is 1. The standard InChI is InChI=1S/C10H16N2O2S/c1-3-10(2,4-5-13)12-9(14)8-6-15-7-11-8/h6-7,13H,3-5H2,1-2H3,(H,12,14). The minimum Gasteiger partial charge on any atom is -0.396 e. The van der Waals surface area contributed by atoms with Crippen molar-refractivity contribution < 1.29 is 9.90 Å². The van der Waals surface area contributed by atoms with Gasteiger partial charge in [0.2, 0.25) is 0 Å². The molecule has 84 valence electrons. The number of hydrogen-bond donors (Lipinski definition) is 2. The highest BCUT2D eigenvalue weighted by Gasteiger charge is 2.24. The second-order valence-corrected chi connectivity index (χ2v) is 4.43. The SMILES string of the molecule is CCC(C)(CCO)NC(=O)c1cscn1. The molecule has 0 aliphatic rings. The van der Waals surface area contributed by atoms with Crippen molar-refractivity contribution >= 4 is 17.2 Å². The van der Waals surface area contributed by atoms with Gasteiger partial charge in [0, 0.05) is 17.5 Å². The predicted octanol–water partition coefficient (Wildman–Crippen LogP) is 1.42. The molecule has 1 rings (SSSR count). The van der Waals surface area contributed by atoms with Gasteiger partial charge in [0.15, 0.2) is 0 Å². The Balaban J connectivity index is 2.63. The van der Waals surface area contributed by atoms with Gasteiger partial charge >= 0.3 is 0 Å². The monoisotopic (exact) mass is 228 g/mol. The Morgan fingerprint density at radius 3 is 2.93 bits per heavy atom. The topological polar surface area (TPSA) is 62.2 Å². The zero-order chi connectivity index (χ0) is 11.3. The molecule has 0 saturated heterocycles. The molecule has 0 spiro atoms. The van der Waals surface area contributed by atoms with E-state index in [4.69, 9.17) is 5.11 Å². The van der Waals surface area contributed by atoms with E-state index in [1.807, 2.05) is 13.8 Å². The molecule has 1 atom stereocenters. The van der Waals surface area contributed by atoms with E-state index in [0.29, 0.717) is 12.1 Å². The molecule has 1 aromatic rings. The summed E-state index contributed by atoms with van der Waals surface area (Å²) in [5, 5.41) is 13.5. The molecule has 1 amide bonds. The second-order valence-electron chi connectivity index (χ2n) is 3.72. The van der Waals surface area contributed by atoms with E-state index < -0.39 is 0 Å². The fourth-order valence-corrected chi connectivity index (χ4v) is 1.77. The van der Waals surface area contributed by atoms with Gasteiger partial charge in [-0.3, -0.25) is 4.79 Å². The molecule has 0 aliphatic heterocycles. The fraction of sp³-hybridized carbons (Fsp3) is 0.600. The Kier molecular flexibility index (Phi) is 4.23. The van der Waals surface area contributed by atoms with Crippen molar-refractivity contribution in [1.82, 2.24) is 10.3 Å². The van der Waals surface area contributed by atoms with Crippen molar-refractivity contribution in [3.8, 4) is 0 Å². The lowest BCUT2D eigenvalue weighted by Crippen LogP contribution is -2.46. The van der Waals surface area contributed by atoms with E-state index in [-0.39, 0.29) is 18.1 Å². The van der Waals surface area contributed by atoms with Crippen LogP contribution in [0.15, 0.2) is 10.9 Å². The van der Waals surface area contributed by atoms with Gasteiger partial charge in [0.25, 0.3) is 5.91 Å². The highest BCUT2D eigenvalue weighted by Crippen LogP contribution is 2.14. The first-order valence-electron chi connectivity index (χ1n) is 4.93. The van der Waals surface area contributed by atoms with Crippen molar-refractivity contribution in [3.63, 3.8) is 0 Å². The first-order valence-corrected chi connectivity index (χ1v) is 5.87. The van der Waals surface area contributed by atoms with Crippen molar-refractivity contribution in [1.29, 1.82) is 0 Å². The number of nitrogens with zero attached hydrogens (tertiary/aromatic N) is 1. The number of hydrogen-bond acceptors (Lipinski definition) is 4. The Hall–Kier alpha value is -0.940. The van der Waals surface area contributed by atoms with Crippen LogP contribution >= 0.6 is 11.3 Å².